The van der Waals surface area contributed by atoms with Gasteiger partial charge in [0.1, 0.15) is 0 Å². The summed E-state index contributed by atoms with van der Waals surface area (Å²) in [4.78, 5) is 10.5. The molecule has 4 heteroatoms. The van der Waals surface area contributed by atoms with Crippen LogP contribution < -0.4 is 10.0 Å². The number of carbonyl (C=O) groups is 1. The molecule has 1 aromatic rings. The molecular formula is C10H10N2O2. The maximum absolute atomic E-state index is 10.8. The molecule has 4 nitrogen and oxygen atoms in total. The molecule has 14 heavy (non-hydrogen) atoms. The summed E-state index contributed by atoms with van der Waals surface area (Å²) in [5.74, 6) is 5.36. The van der Waals surface area contributed by atoms with Crippen molar-refractivity contribution >= 4 is 5.91 Å². The number of carbonyl (C=O) groups excluding carboxylic acids is 1. The van der Waals surface area contributed by atoms with Crippen LogP contribution in [0.15, 0.2) is 24.5 Å². The SMILES string of the molecule is CC(=O)NCC#Cc1ccc[n+]([O-])c1. The first kappa shape index (κ1) is 10.1. The fraction of sp³-hybridized carbons (Fsp3) is 0.200. The van der Waals surface area contributed by atoms with E-state index in [-0.39, 0.29) is 5.91 Å². The Balaban J connectivity index is 2.55. The highest BCUT2D eigenvalue weighted by Crippen LogP contribution is 1.89. The summed E-state index contributed by atoms with van der Waals surface area (Å²) >= 11 is 0. The van der Waals surface area contributed by atoms with Gasteiger partial charge in [-0.2, -0.15) is 4.73 Å². The van der Waals surface area contributed by atoms with Gasteiger partial charge in [0.2, 0.25) is 5.91 Å². The molecule has 0 saturated carbocycles. The highest BCUT2D eigenvalue weighted by Gasteiger charge is 1.90. The van der Waals surface area contributed by atoms with E-state index in [4.69, 9.17) is 0 Å². The summed E-state index contributed by atoms with van der Waals surface area (Å²) < 4.78 is 0.683. The lowest BCUT2D eigenvalue weighted by Crippen LogP contribution is -2.24. The molecule has 0 atom stereocenters. The molecule has 0 aliphatic carbocycles. The van der Waals surface area contributed by atoms with Crippen LogP contribution in [0.25, 0.3) is 0 Å². The third-order valence-corrected chi connectivity index (χ3v) is 1.43. The molecule has 1 rings (SSSR count). The van der Waals surface area contributed by atoms with Crippen LogP contribution in [0.2, 0.25) is 0 Å². The zero-order valence-electron chi connectivity index (χ0n) is 7.78. The molecule has 1 N–H and O–H groups in total. The van der Waals surface area contributed by atoms with Crippen LogP contribution in [-0.2, 0) is 4.79 Å². The second-order valence-electron chi connectivity index (χ2n) is 2.66. The minimum Gasteiger partial charge on any atom is -0.619 e. The molecule has 0 aliphatic heterocycles. The second-order valence-corrected chi connectivity index (χ2v) is 2.66. The first-order valence-electron chi connectivity index (χ1n) is 4.10. The highest BCUT2D eigenvalue weighted by molar-refractivity contribution is 5.73. The Labute approximate surface area is 82.1 Å². The summed E-state index contributed by atoms with van der Waals surface area (Å²) in [5, 5.41) is 13.3. The van der Waals surface area contributed by atoms with Crippen LogP contribution in [-0.4, -0.2) is 12.5 Å². The Hall–Kier alpha value is -2.02. The van der Waals surface area contributed by atoms with Crippen LogP contribution in [0, 0.1) is 17.0 Å². The second kappa shape index (κ2) is 4.87. The molecule has 0 aliphatic rings. The molecule has 0 fully saturated rings. The lowest BCUT2D eigenvalue weighted by molar-refractivity contribution is -0.605. The summed E-state index contributed by atoms with van der Waals surface area (Å²) in [5.41, 5.74) is 0.632. The van der Waals surface area contributed by atoms with Crippen molar-refractivity contribution in [3.8, 4) is 11.8 Å². The molecule has 1 heterocycles. The normalized spacial score (nSPS) is 8.64. The molecule has 0 spiro atoms. The van der Waals surface area contributed by atoms with Crippen molar-refractivity contribution < 1.29 is 9.52 Å². The number of hydrogen-bond acceptors (Lipinski definition) is 2. The van der Waals surface area contributed by atoms with Crippen molar-refractivity contribution in [2.45, 2.75) is 6.92 Å². The first-order valence-corrected chi connectivity index (χ1v) is 4.10. The Kier molecular flexibility index (Phi) is 3.50. The third-order valence-electron chi connectivity index (χ3n) is 1.43. The quantitative estimate of drug-likeness (QED) is 0.379. The molecule has 0 radical (unpaired) electrons. The number of nitrogens with one attached hydrogen (secondary N) is 1. The average Bonchev–Trinajstić information content (AvgIpc) is 2.12. The first-order chi connectivity index (χ1) is 6.68. The van der Waals surface area contributed by atoms with E-state index in [2.05, 4.69) is 17.2 Å². The zero-order valence-corrected chi connectivity index (χ0v) is 7.78. The van der Waals surface area contributed by atoms with Crippen LogP contribution in [0.5, 0.6) is 0 Å². The van der Waals surface area contributed by atoms with Crippen molar-refractivity contribution in [1.29, 1.82) is 0 Å². The van der Waals surface area contributed by atoms with Gasteiger partial charge < -0.3 is 10.5 Å². The van der Waals surface area contributed by atoms with Gasteiger partial charge >= 0.3 is 0 Å². The number of hydrogen-bond donors (Lipinski definition) is 1. The Morgan fingerprint density at radius 1 is 1.71 bits per heavy atom. The predicted molar refractivity (Wildman–Crippen MR) is 51.0 cm³/mol. The van der Waals surface area contributed by atoms with Crippen LogP contribution in [0.1, 0.15) is 12.5 Å². The van der Waals surface area contributed by atoms with Crippen molar-refractivity contribution in [2.75, 3.05) is 6.54 Å². The largest absolute Gasteiger partial charge is 0.619 e. The average molecular weight is 190 g/mol. The minimum atomic E-state index is -0.119. The van der Waals surface area contributed by atoms with Gasteiger partial charge in [-0.05, 0) is 6.07 Å². The van der Waals surface area contributed by atoms with Gasteiger partial charge in [-0.15, -0.1) is 0 Å². The van der Waals surface area contributed by atoms with Gasteiger partial charge in [0.15, 0.2) is 12.4 Å². The van der Waals surface area contributed by atoms with E-state index in [0.717, 1.165) is 0 Å². The van der Waals surface area contributed by atoms with Crippen molar-refractivity contribution in [1.82, 2.24) is 5.32 Å². The van der Waals surface area contributed by atoms with Crippen LogP contribution in [0.3, 0.4) is 0 Å². The fourth-order valence-corrected chi connectivity index (χ4v) is 0.844. The van der Waals surface area contributed by atoms with Gasteiger partial charge in [0.05, 0.1) is 12.1 Å². The molecule has 0 unspecified atom stereocenters. The Morgan fingerprint density at radius 3 is 3.14 bits per heavy atom. The van der Waals surface area contributed by atoms with E-state index < -0.39 is 0 Å². The summed E-state index contributed by atoms with van der Waals surface area (Å²) in [6.07, 6.45) is 2.76. The molecule has 0 aromatic carbocycles. The lowest BCUT2D eigenvalue weighted by Gasteiger charge is -1.94. The number of nitrogens with zero attached hydrogens (tertiary/aromatic N) is 1. The van der Waals surface area contributed by atoms with Crippen LogP contribution >= 0.6 is 0 Å². The summed E-state index contributed by atoms with van der Waals surface area (Å²) in [7, 11) is 0. The van der Waals surface area contributed by atoms with E-state index >= 15 is 0 Å². The maximum atomic E-state index is 10.8. The third kappa shape index (κ3) is 3.59. The van der Waals surface area contributed by atoms with Crippen molar-refractivity contribution in [3.63, 3.8) is 0 Å². The van der Waals surface area contributed by atoms with E-state index in [9.17, 15) is 10.0 Å². The van der Waals surface area contributed by atoms with Crippen molar-refractivity contribution in [3.05, 3.63) is 35.3 Å². The van der Waals surface area contributed by atoms with Gasteiger partial charge in [0.25, 0.3) is 0 Å². The van der Waals surface area contributed by atoms with Gasteiger partial charge in [0, 0.05) is 13.0 Å². The molecule has 1 aromatic heterocycles. The molecule has 0 bridgehead atoms. The Bertz CT molecular complexity index is 391. The monoisotopic (exact) mass is 190 g/mol. The standard InChI is InChI=1S/C10H10N2O2/c1-9(13)11-6-2-4-10-5-3-7-12(14)8-10/h3,5,7-8H,6H2,1H3,(H,11,13). The van der Waals surface area contributed by atoms with E-state index in [0.29, 0.717) is 16.8 Å². The van der Waals surface area contributed by atoms with E-state index in [1.54, 1.807) is 12.1 Å². The number of rotatable bonds is 1. The lowest BCUT2D eigenvalue weighted by atomic mass is 10.3. The summed E-state index contributed by atoms with van der Waals surface area (Å²) in [6.45, 7) is 1.72. The van der Waals surface area contributed by atoms with E-state index in [1.165, 1.54) is 19.3 Å². The number of pyridine rings is 1. The molecule has 1 amide bonds. The van der Waals surface area contributed by atoms with Gasteiger partial charge in [-0.25, -0.2) is 0 Å². The van der Waals surface area contributed by atoms with Crippen LogP contribution in [0.4, 0.5) is 0 Å². The summed E-state index contributed by atoms with van der Waals surface area (Å²) in [6, 6.07) is 3.35. The number of amides is 1. The molecule has 0 saturated heterocycles. The molecular weight excluding hydrogens is 180 g/mol. The van der Waals surface area contributed by atoms with E-state index in [1.807, 2.05) is 0 Å². The maximum Gasteiger partial charge on any atom is 0.217 e. The fourth-order valence-electron chi connectivity index (χ4n) is 0.844. The van der Waals surface area contributed by atoms with Gasteiger partial charge in [-0.1, -0.05) is 11.8 Å². The number of aromatic nitrogens is 1. The minimum absolute atomic E-state index is 0.119. The van der Waals surface area contributed by atoms with Gasteiger partial charge in [-0.3, -0.25) is 4.79 Å². The Morgan fingerprint density at radius 2 is 2.50 bits per heavy atom. The highest BCUT2D eigenvalue weighted by atomic mass is 16.5. The smallest absolute Gasteiger partial charge is 0.217 e. The molecule has 72 valence electrons. The topological polar surface area (TPSA) is 56.0 Å². The predicted octanol–water partition coefficient (Wildman–Crippen LogP) is -0.192. The van der Waals surface area contributed by atoms with Crippen molar-refractivity contribution in [2.24, 2.45) is 0 Å². The zero-order chi connectivity index (χ0) is 10.4.